The number of nitrogens with zero attached hydrogens (tertiary/aromatic N) is 3. The zero-order chi connectivity index (χ0) is 13.0. The molecule has 0 amide bonds. The molecule has 1 atom stereocenters. The van der Waals surface area contributed by atoms with E-state index < -0.39 is 0 Å². The van der Waals surface area contributed by atoms with Crippen LogP contribution in [0.3, 0.4) is 0 Å². The minimum atomic E-state index is -0.212. The molecule has 2 rings (SSSR count). The lowest BCUT2D eigenvalue weighted by Gasteiger charge is -2.15. The topological polar surface area (TPSA) is 68.8 Å². The Labute approximate surface area is 105 Å². The summed E-state index contributed by atoms with van der Waals surface area (Å²) in [6, 6.07) is 6.62. The molecule has 0 saturated carbocycles. The molecule has 0 fully saturated rings. The van der Waals surface area contributed by atoms with Gasteiger partial charge in [0.05, 0.1) is 0 Å². The van der Waals surface area contributed by atoms with E-state index in [2.05, 4.69) is 15.5 Å². The van der Waals surface area contributed by atoms with Gasteiger partial charge in [0, 0.05) is 19.5 Å². The molecule has 1 heterocycles. The van der Waals surface area contributed by atoms with Crippen LogP contribution in [0.4, 0.5) is 4.39 Å². The van der Waals surface area contributed by atoms with E-state index in [9.17, 15) is 4.39 Å². The summed E-state index contributed by atoms with van der Waals surface area (Å²) in [5.74, 6) is 6.11. The van der Waals surface area contributed by atoms with E-state index in [4.69, 9.17) is 5.84 Å². The summed E-state index contributed by atoms with van der Waals surface area (Å²) >= 11 is 0. The van der Waals surface area contributed by atoms with Crippen molar-refractivity contribution in [3.8, 4) is 0 Å². The van der Waals surface area contributed by atoms with Gasteiger partial charge in [0.15, 0.2) is 0 Å². The van der Waals surface area contributed by atoms with Gasteiger partial charge in [0.1, 0.15) is 18.0 Å². The molecule has 1 aromatic carbocycles. The molecular formula is C12H16FN5. The average Bonchev–Trinajstić information content (AvgIpc) is 2.77. The van der Waals surface area contributed by atoms with Crippen LogP contribution in [-0.2, 0) is 19.9 Å². The molecule has 0 saturated heterocycles. The Hall–Kier alpha value is -1.79. The summed E-state index contributed by atoms with van der Waals surface area (Å²) in [6.45, 7) is 0. The van der Waals surface area contributed by atoms with Crippen LogP contribution in [-0.4, -0.2) is 20.8 Å². The van der Waals surface area contributed by atoms with E-state index in [0.29, 0.717) is 18.4 Å². The first-order chi connectivity index (χ1) is 8.70. The first kappa shape index (κ1) is 12.7. The van der Waals surface area contributed by atoms with Crippen molar-refractivity contribution in [1.29, 1.82) is 0 Å². The predicted octanol–water partition coefficient (Wildman–Crippen LogP) is 0.571. The van der Waals surface area contributed by atoms with Crippen molar-refractivity contribution < 1.29 is 4.39 Å². The maximum absolute atomic E-state index is 13.5. The van der Waals surface area contributed by atoms with E-state index >= 15 is 0 Å². The van der Waals surface area contributed by atoms with Crippen LogP contribution in [0.1, 0.15) is 11.4 Å². The van der Waals surface area contributed by atoms with Crippen LogP contribution in [0.25, 0.3) is 0 Å². The Morgan fingerprint density at radius 1 is 1.39 bits per heavy atom. The molecule has 0 spiro atoms. The van der Waals surface area contributed by atoms with Crippen molar-refractivity contribution in [3.63, 3.8) is 0 Å². The number of hydrogen-bond acceptors (Lipinski definition) is 4. The summed E-state index contributed by atoms with van der Waals surface area (Å²) in [6.07, 6.45) is 2.60. The third-order valence-corrected chi connectivity index (χ3v) is 2.89. The van der Waals surface area contributed by atoms with Crippen LogP contribution >= 0.6 is 0 Å². The Bertz CT molecular complexity index is 511. The van der Waals surface area contributed by atoms with E-state index in [1.165, 1.54) is 12.4 Å². The largest absolute Gasteiger partial charge is 0.271 e. The smallest absolute Gasteiger partial charge is 0.138 e. The van der Waals surface area contributed by atoms with Crippen molar-refractivity contribution >= 4 is 0 Å². The van der Waals surface area contributed by atoms with Crippen molar-refractivity contribution in [2.75, 3.05) is 0 Å². The van der Waals surface area contributed by atoms with Gasteiger partial charge in [0.2, 0.25) is 0 Å². The highest BCUT2D eigenvalue weighted by Gasteiger charge is 2.14. The fraction of sp³-hybridized carbons (Fsp3) is 0.333. The fourth-order valence-electron chi connectivity index (χ4n) is 1.84. The number of nitrogens with one attached hydrogen (secondary N) is 1. The third-order valence-electron chi connectivity index (χ3n) is 2.89. The number of aryl methyl sites for hydroxylation is 1. The highest BCUT2D eigenvalue weighted by atomic mass is 19.1. The van der Waals surface area contributed by atoms with Crippen molar-refractivity contribution in [2.45, 2.75) is 18.9 Å². The van der Waals surface area contributed by atoms with E-state index in [0.717, 1.165) is 5.82 Å². The van der Waals surface area contributed by atoms with Crippen LogP contribution < -0.4 is 11.3 Å². The minimum Gasteiger partial charge on any atom is -0.271 e. The van der Waals surface area contributed by atoms with Crippen molar-refractivity contribution in [1.82, 2.24) is 20.2 Å². The molecule has 1 aromatic heterocycles. The minimum absolute atomic E-state index is 0.0789. The molecule has 3 N–H and O–H groups in total. The molecule has 0 aliphatic carbocycles. The summed E-state index contributed by atoms with van der Waals surface area (Å²) in [5.41, 5.74) is 3.34. The Morgan fingerprint density at radius 3 is 2.78 bits per heavy atom. The van der Waals surface area contributed by atoms with E-state index in [-0.39, 0.29) is 11.9 Å². The second-order valence-electron chi connectivity index (χ2n) is 4.16. The molecule has 6 heteroatoms. The first-order valence-electron chi connectivity index (χ1n) is 5.73. The molecule has 0 bridgehead atoms. The number of hydrogen-bond donors (Lipinski definition) is 2. The molecule has 96 valence electrons. The second-order valence-corrected chi connectivity index (χ2v) is 4.16. The van der Waals surface area contributed by atoms with Gasteiger partial charge < -0.3 is 0 Å². The molecule has 1 unspecified atom stereocenters. The first-order valence-corrected chi connectivity index (χ1v) is 5.73. The Kier molecular flexibility index (Phi) is 4.01. The summed E-state index contributed by atoms with van der Waals surface area (Å²) in [5, 5.41) is 3.99. The van der Waals surface area contributed by atoms with E-state index in [1.807, 2.05) is 13.1 Å². The van der Waals surface area contributed by atoms with Gasteiger partial charge in [-0.1, -0.05) is 18.2 Å². The van der Waals surface area contributed by atoms with Crippen LogP contribution in [0.15, 0.2) is 30.6 Å². The zero-order valence-corrected chi connectivity index (χ0v) is 10.2. The third kappa shape index (κ3) is 2.91. The van der Waals surface area contributed by atoms with Gasteiger partial charge in [0.25, 0.3) is 0 Å². The molecule has 0 aliphatic heterocycles. The maximum Gasteiger partial charge on any atom is 0.138 e. The predicted molar refractivity (Wildman–Crippen MR) is 65.9 cm³/mol. The summed E-state index contributed by atoms with van der Waals surface area (Å²) < 4.78 is 15.2. The van der Waals surface area contributed by atoms with Gasteiger partial charge in [-0.3, -0.25) is 16.0 Å². The average molecular weight is 249 g/mol. The van der Waals surface area contributed by atoms with Crippen molar-refractivity contribution in [3.05, 3.63) is 47.8 Å². The van der Waals surface area contributed by atoms with Crippen molar-refractivity contribution in [2.24, 2.45) is 12.9 Å². The van der Waals surface area contributed by atoms with E-state index in [1.54, 1.807) is 16.8 Å². The molecule has 0 aliphatic rings. The zero-order valence-electron chi connectivity index (χ0n) is 10.2. The molecule has 18 heavy (non-hydrogen) atoms. The number of aromatic nitrogens is 3. The SMILES string of the molecule is Cn1ncnc1CC(Cc1ccccc1F)NN. The molecule has 5 nitrogen and oxygen atoms in total. The maximum atomic E-state index is 13.5. The van der Waals surface area contributed by atoms with Crippen LogP contribution in [0.2, 0.25) is 0 Å². The van der Waals surface area contributed by atoms with Gasteiger partial charge in [-0.25, -0.2) is 9.37 Å². The quantitative estimate of drug-likeness (QED) is 0.600. The lowest BCUT2D eigenvalue weighted by Crippen LogP contribution is -2.39. The lowest BCUT2D eigenvalue weighted by molar-refractivity contribution is 0.487. The van der Waals surface area contributed by atoms with Crippen LogP contribution in [0, 0.1) is 5.82 Å². The Balaban J connectivity index is 2.06. The monoisotopic (exact) mass is 249 g/mol. The highest BCUT2D eigenvalue weighted by molar-refractivity contribution is 5.18. The highest BCUT2D eigenvalue weighted by Crippen LogP contribution is 2.10. The van der Waals surface area contributed by atoms with Gasteiger partial charge in [-0.05, 0) is 18.1 Å². The molecule has 0 radical (unpaired) electrons. The fourth-order valence-corrected chi connectivity index (χ4v) is 1.84. The Morgan fingerprint density at radius 2 is 2.17 bits per heavy atom. The lowest BCUT2D eigenvalue weighted by atomic mass is 10.0. The van der Waals surface area contributed by atoms with Gasteiger partial charge in [-0.15, -0.1) is 0 Å². The van der Waals surface area contributed by atoms with Gasteiger partial charge >= 0.3 is 0 Å². The summed E-state index contributed by atoms with van der Waals surface area (Å²) in [4.78, 5) is 4.13. The second kappa shape index (κ2) is 5.70. The van der Waals surface area contributed by atoms with Gasteiger partial charge in [-0.2, -0.15) is 5.10 Å². The number of hydrazine groups is 1. The normalized spacial score (nSPS) is 12.6. The molecular weight excluding hydrogens is 233 g/mol. The number of halogens is 1. The number of nitrogens with two attached hydrogens (primary N) is 1. The number of rotatable bonds is 5. The standard InChI is InChI=1S/C12H16FN5/c1-18-12(15-8-16-18)7-10(17-14)6-9-4-2-3-5-11(9)13/h2-5,8,10,17H,6-7,14H2,1H3. The number of benzene rings is 1. The summed E-state index contributed by atoms with van der Waals surface area (Å²) in [7, 11) is 1.82. The van der Waals surface area contributed by atoms with Crippen LogP contribution in [0.5, 0.6) is 0 Å². The molecule has 2 aromatic rings.